The Morgan fingerprint density at radius 2 is 2.47 bits per heavy atom. The number of hydrogen-bond acceptors (Lipinski definition) is 3. The van der Waals surface area contributed by atoms with Gasteiger partial charge < -0.3 is 10.2 Å². The lowest BCUT2D eigenvalue weighted by atomic mass is 10.0. The minimum absolute atomic E-state index is 0.0118. The Balaban J connectivity index is 2.16. The van der Waals surface area contributed by atoms with E-state index in [1.54, 1.807) is 11.3 Å². The van der Waals surface area contributed by atoms with Gasteiger partial charge in [-0.15, -0.1) is 11.3 Å². The van der Waals surface area contributed by atoms with Crippen molar-refractivity contribution in [3.63, 3.8) is 0 Å². The highest BCUT2D eigenvalue weighted by Gasteiger charge is 2.32. The largest absolute Gasteiger partial charge is 0.334 e. The Morgan fingerprint density at radius 3 is 3.06 bits per heavy atom. The lowest BCUT2D eigenvalue weighted by Crippen LogP contribution is -2.50. The standard InChI is InChI=1S/C13H20N2OS/c1-3-11(12-7-5-9-17-12)15-8-4-6-10(14-2)13(15)16/h5,7,9-11,14H,3-4,6,8H2,1-2H3. The molecule has 0 radical (unpaired) electrons. The van der Waals surface area contributed by atoms with Crippen molar-refractivity contribution in [1.29, 1.82) is 0 Å². The fourth-order valence-corrected chi connectivity index (χ4v) is 3.46. The number of amides is 1. The van der Waals surface area contributed by atoms with E-state index in [9.17, 15) is 4.79 Å². The van der Waals surface area contributed by atoms with Gasteiger partial charge in [0.25, 0.3) is 0 Å². The van der Waals surface area contributed by atoms with Gasteiger partial charge in [-0.1, -0.05) is 13.0 Å². The number of thiophene rings is 1. The molecule has 1 saturated heterocycles. The van der Waals surface area contributed by atoms with Crippen molar-refractivity contribution in [1.82, 2.24) is 10.2 Å². The van der Waals surface area contributed by atoms with E-state index >= 15 is 0 Å². The van der Waals surface area contributed by atoms with Crippen molar-refractivity contribution >= 4 is 17.2 Å². The average Bonchev–Trinajstić information content (AvgIpc) is 2.86. The minimum Gasteiger partial charge on any atom is -0.334 e. The maximum absolute atomic E-state index is 12.3. The van der Waals surface area contributed by atoms with Crippen LogP contribution in [-0.4, -0.2) is 30.4 Å². The fourth-order valence-electron chi connectivity index (χ4n) is 2.53. The highest BCUT2D eigenvalue weighted by molar-refractivity contribution is 7.10. The van der Waals surface area contributed by atoms with Gasteiger partial charge in [-0.25, -0.2) is 0 Å². The Hall–Kier alpha value is -0.870. The first kappa shape index (κ1) is 12.6. The van der Waals surface area contributed by atoms with Crippen LogP contribution in [-0.2, 0) is 4.79 Å². The number of carbonyl (C=O) groups is 1. The summed E-state index contributed by atoms with van der Waals surface area (Å²) in [6.45, 7) is 3.05. The first-order chi connectivity index (χ1) is 8.27. The summed E-state index contributed by atoms with van der Waals surface area (Å²) in [5.74, 6) is 0.263. The average molecular weight is 252 g/mol. The monoisotopic (exact) mass is 252 g/mol. The summed E-state index contributed by atoms with van der Waals surface area (Å²) in [6.07, 6.45) is 3.05. The molecule has 2 rings (SSSR count). The number of piperidine rings is 1. The SMILES string of the molecule is CCC(c1cccs1)N1CCCC(NC)C1=O. The summed E-state index contributed by atoms with van der Waals surface area (Å²) in [5, 5.41) is 5.21. The molecule has 3 nitrogen and oxygen atoms in total. The molecule has 1 aliphatic rings. The lowest BCUT2D eigenvalue weighted by Gasteiger charge is -2.37. The second kappa shape index (κ2) is 5.65. The van der Waals surface area contributed by atoms with Crippen LogP contribution >= 0.6 is 11.3 Å². The summed E-state index contributed by atoms with van der Waals surface area (Å²) in [6, 6.07) is 4.47. The van der Waals surface area contributed by atoms with Crippen LogP contribution in [0.3, 0.4) is 0 Å². The Morgan fingerprint density at radius 1 is 1.65 bits per heavy atom. The van der Waals surface area contributed by atoms with Crippen molar-refractivity contribution in [2.45, 2.75) is 38.3 Å². The normalized spacial score (nSPS) is 22.8. The lowest BCUT2D eigenvalue weighted by molar-refractivity contribution is -0.138. The van der Waals surface area contributed by atoms with Gasteiger partial charge in [-0.05, 0) is 37.8 Å². The van der Waals surface area contributed by atoms with Gasteiger partial charge in [0.1, 0.15) is 0 Å². The van der Waals surface area contributed by atoms with Gasteiger partial charge in [-0.2, -0.15) is 0 Å². The topological polar surface area (TPSA) is 32.3 Å². The smallest absolute Gasteiger partial charge is 0.240 e. The Kier molecular flexibility index (Phi) is 4.18. The number of nitrogens with one attached hydrogen (secondary N) is 1. The molecule has 0 bridgehead atoms. The first-order valence-electron chi connectivity index (χ1n) is 6.29. The summed E-state index contributed by atoms with van der Waals surface area (Å²) < 4.78 is 0. The van der Waals surface area contributed by atoms with Crippen LogP contribution in [0.2, 0.25) is 0 Å². The molecule has 1 N–H and O–H groups in total. The molecule has 0 spiro atoms. The van der Waals surface area contributed by atoms with Gasteiger partial charge >= 0.3 is 0 Å². The van der Waals surface area contributed by atoms with Crippen LogP contribution in [0, 0.1) is 0 Å². The van der Waals surface area contributed by atoms with Crippen LogP contribution in [0.4, 0.5) is 0 Å². The van der Waals surface area contributed by atoms with E-state index in [4.69, 9.17) is 0 Å². The molecule has 1 aromatic heterocycles. The number of carbonyl (C=O) groups excluding carboxylic acids is 1. The van der Waals surface area contributed by atoms with E-state index in [1.807, 2.05) is 7.05 Å². The van der Waals surface area contributed by atoms with Crippen LogP contribution < -0.4 is 5.32 Å². The van der Waals surface area contributed by atoms with Crippen molar-refractivity contribution in [3.05, 3.63) is 22.4 Å². The molecule has 2 heterocycles. The van der Waals surface area contributed by atoms with Gasteiger partial charge in [0.15, 0.2) is 0 Å². The highest BCUT2D eigenvalue weighted by atomic mass is 32.1. The van der Waals surface area contributed by atoms with E-state index in [0.717, 1.165) is 25.8 Å². The second-order valence-corrected chi connectivity index (χ2v) is 5.43. The van der Waals surface area contributed by atoms with Crippen LogP contribution in [0.25, 0.3) is 0 Å². The van der Waals surface area contributed by atoms with Gasteiger partial charge in [0.05, 0.1) is 12.1 Å². The zero-order chi connectivity index (χ0) is 12.3. The molecule has 1 aliphatic heterocycles. The molecule has 0 aromatic carbocycles. The Labute approximate surface area is 107 Å². The molecule has 1 fully saturated rings. The van der Waals surface area contributed by atoms with Crippen molar-refractivity contribution in [3.8, 4) is 0 Å². The molecule has 0 aliphatic carbocycles. The van der Waals surface area contributed by atoms with Crippen LogP contribution in [0.1, 0.15) is 37.1 Å². The number of hydrogen-bond donors (Lipinski definition) is 1. The highest BCUT2D eigenvalue weighted by Crippen LogP contribution is 2.30. The molecular weight excluding hydrogens is 232 g/mol. The molecule has 17 heavy (non-hydrogen) atoms. The van der Waals surface area contributed by atoms with Gasteiger partial charge in [0.2, 0.25) is 5.91 Å². The third kappa shape index (κ3) is 2.53. The zero-order valence-electron chi connectivity index (χ0n) is 10.5. The van der Waals surface area contributed by atoms with Crippen molar-refractivity contribution in [2.24, 2.45) is 0 Å². The van der Waals surface area contributed by atoms with E-state index in [0.29, 0.717) is 0 Å². The first-order valence-corrected chi connectivity index (χ1v) is 7.17. The summed E-state index contributed by atoms with van der Waals surface area (Å²) in [7, 11) is 1.87. The maximum Gasteiger partial charge on any atom is 0.240 e. The number of rotatable bonds is 4. The molecule has 2 unspecified atom stereocenters. The fraction of sp³-hybridized carbons (Fsp3) is 0.615. The van der Waals surface area contributed by atoms with Gasteiger partial charge in [-0.3, -0.25) is 4.79 Å². The minimum atomic E-state index is 0.0118. The number of nitrogens with zero attached hydrogens (tertiary/aromatic N) is 1. The van der Waals surface area contributed by atoms with Crippen LogP contribution in [0.15, 0.2) is 17.5 Å². The van der Waals surface area contributed by atoms with E-state index in [2.05, 4.69) is 34.7 Å². The van der Waals surface area contributed by atoms with Crippen molar-refractivity contribution in [2.75, 3.05) is 13.6 Å². The van der Waals surface area contributed by atoms with Gasteiger partial charge in [0, 0.05) is 11.4 Å². The summed E-state index contributed by atoms with van der Waals surface area (Å²) in [4.78, 5) is 15.7. The van der Waals surface area contributed by atoms with E-state index in [1.165, 1.54) is 4.88 Å². The van der Waals surface area contributed by atoms with E-state index < -0.39 is 0 Å². The van der Waals surface area contributed by atoms with E-state index in [-0.39, 0.29) is 18.0 Å². The predicted octanol–water partition coefficient (Wildman–Crippen LogP) is 2.41. The molecule has 94 valence electrons. The Bertz CT molecular complexity index is 364. The molecule has 1 aromatic rings. The third-order valence-electron chi connectivity index (χ3n) is 3.46. The summed E-state index contributed by atoms with van der Waals surface area (Å²) >= 11 is 1.75. The van der Waals surface area contributed by atoms with Crippen molar-refractivity contribution < 1.29 is 4.79 Å². The molecule has 4 heteroatoms. The second-order valence-electron chi connectivity index (χ2n) is 4.45. The molecule has 1 amide bonds. The summed E-state index contributed by atoms with van der Waals surface area (Å²) in [5.41, 5.74) is 0. The zero-order valence-corrected chi connectivity index (χ0v) is 11.3. The van der Waals surface area contributed by atoms with Crippen LogP contribution in [0.5, 0.6) is 0 Å². The molecule has 2 atom stereocenters. The quantitative estimate of drug-likeness (QED) is 0.892. The molecular formula is C13H20N2OS. The molecule has 0 saturated carbocycles. The maximum atomic E-state index is 12.3. The number of likely N-dealkylation sites (tertiary alicyclic amines) is 1. The number of likely N-dealkylation sites (N-methyl/N-ethyl adjacent to an activating group) is 1. The third-order valence-corrected chi connectivity index (χ3v) is 4.43. The predicted molar refractivity (Wildman–Crippen MR) is 71.1 cm³/mol.